The molecule has 2 aliphatic heterocycles. The number of hydrogen-bond acceptors (Lipinski definition) is 7. The number of aromatic nitrogens is 2. The highest BCUT2D eigenvalue weighted by Crippen LogP contribution is 2.39. The van der Waals surface area contributed by atoms with Crippen molar-refractivity contribution in [2.45, 2.75) is 39.2 Å². The first kappa shape index (κ1) is 23.4. The van der Waals surface area contributed by atoms with E-state index in [1.807, 2.05) is 24.3 Å². The van der Waals surface area contributed by atoms with Crippen molar-refractivity contribution in [1.82, 2.24) is 14.9 Å². The molecule has 35 heavy (non-hydrogen) atoms. The van der Waals surface area contributed by atoms with Crippen LogP contribution in [0.1, 0.15) is 39.2 Å². The first-order valence-electron chi connectivity index (χ1n) is 12.3. The van der Waals surface area contributed by atoms with Crippen LogP contribution in [0.4, 0.5) is 5.69 Å². The minimum Gasteiger partial charge on any atom is -0.493 e. The van der Waals surface area contributed by atoms with Gasteiger partial charge in [0, 0.05) is 17.3 Å². The molecule has 1 saturated heterocycles. The van der Waals surface area contributed by atoms with Gasteiger partial charge in [0.2, 0.25) is 5.88 Å². The van der Waals surface area contributed by atoms with Crippen LogP contribution in [-0.2, 0) is 0 Å². The molecule has 1 fully saturated rings. The highest BCUT2D eigenvalue weighted by atomic mass is 16.5. The monoisotopic (exact) mass is 474 g/mol. The van der Waals surface area contributed by atoms with Gasteiger partial charge in [-0.05, 0) is 89.5 Å². The lowest BCUT2D eigenvalue weighted by atomic mass is 9.91. The minimum atomic E-state index is -0.0774. The summed E-state index contributed by atoms with van der Waals surface area (Å²) in [4.78, 5) is 11.3. The van der Waals surface area contributed by atoms with Gasteiger partial charge in [0.05, 0.1) is 30.2 Å². The quantitative estimate of drug-likeness (QED) is 0.487. The van der Waals surface area contributed by atoms with E-state index in [2.05, 4.69) is 60.1 Å². The summed E-state index contributed by atoms with van der Waals surface area (Å²) < 4.78 is 18.1. The summed E-state index contributed by atoms with van der Waals surface area (Å²) in [6, 6.07) is 9.89. The maximum absolute atomic E-state index is 6.26. The lowest BCUT2D eigenvalue weighted by molar-refractivity contribution is 0.157. The van der Waals surface area contributed by atoms with Crippen LogP contribution in [-0.4, -0.2) is 54.3 Å². The number of fused-ring (bicyclic) bond motifs is 2. The number of methoxy groups -OCH3 is 1. The predicted octanol–water partition coefficient (Wildman–Crippen LogP) is 5.76. The zero-order chi connectivity index (χ0) is 24.6. The molecule has 0 radical (unpaired) electrons. The smallest absolute Gasteiger partial charge is 0.230 e. The Labute approximate surface area is 207 Å². The van der Waals surface area contributed by atoms with Crippen LogP contribution < -0.4 is 19.5 Å². The topological polar surface area (TPSA) is 68.7 Å². The summed E-state index contributed by atoms with van der Waals surface area (Å²) in [5, 5.41) is 4.33. The van der Waals surface area contributed by atoms with E-state index in [-0.39, 0.29) is 5.54 Å². The number of nitrogens with one attached hydrogen (secondary N) is 1. The van der Waals surface area contributed by atoms with E-state index in [0.29, 0.717) is 29.9 Å². The lowest BCUT2D eigenvalue weighted by Crippen LogP contribution is -2.32. The van der Waals surface area contributed by atoms with Crippen LogP contribution in [0.15, 0.2) is 42.7 Å². The molecule has 0 aliphatic carbocycles. The van der Waals surface area contributed by atoms with Crippen LogP contribution >= 0.6 is 0 Å². The SMILES string of the molecule is COc1cc2c(Oc3ccc4c(c3)C(C)=CC(C)(C)N4)ncnc2cc1OCC1CCN(C)CC1. The molecule has 7 nitrogen and oxygen atoms in total. The van der Waals surface area contributed by atoms with Crippen molar-refractivity contribution < 1.29 is 14.2 Å². The number of likely N-dealkylation sites (tertiary alicyclic amines) is 1. The Balaban J connectivity index is 1.39. The summed E-state index contributed by atoms with van der Waals surface area (Å²) in [6.07, 6.45) is 6.06. The van der Waals surface area contributed by atoms with Crippen LogP contribution in [0.2, 0.25) is 0 Å². The summed E-state index contributed by atoms with van der Waals surface area (Å²) >= 11 is 0. The van der Waals surface area contributed by atoms with Crippen molar-refractivity contribution in [3.05, 3.63) is 48.3 Å². The zero-order valence-corrected chi connectivity index (χ0v) is 21.2. The lowest BCUT2D eigenvalue weighted by Gasteiger charge is -2.31. The van der Waals surface area contributed by atoms with Crippen molar-refractivity contribution in [3.63, 3.8) is 0 Å². The van der Waals surface area contributed by atoms with Crippen molar-refractivity contribution in [2.24, 2.45) is 5.92 Å². The van der Waals surface area contributed by atoms with Gasteiger partial charge in [-0.15, -0.1) is 0 Å². The average Bonchev–Trinajstić information content (AvgIpc) is 2.83. The number of nitrogens with zero attached hydrogens (tertiary/aromatic N) is 3. The Morgan fingerprint density at radius 3 is 2.66 bits per heavy atom. The van der Waals surface area contributed by atoms with E-state index in [4.69, 9.17) is 14.2 Å². The van der Waals surface area contributed by atoms with Gasteiger partial charge >= 0.3 is 0 Å². The van der Waals surface area contributed by atoms with E-state index in [1.54, 1.807) is 7.11 Å². The summed E-state index contributed by atoms with van der Waals surface area (Å²) in [5.74, 6) is 3.12. The molecular weight excluding hydrogens is 440 g/mol. The van der Waals surface area contributed by atoms with Gasteiger partial charge in [-0.1, -0.05) is 6.08 Å². The number of rotatable bonds is 6. The molecule has 1 aromatic heterocycles. The second kappa shape index (κ2) is 9.38. The largest absolute Gasteiger partial charge is 0.493 e. The van der Waals surface area contributed by atoms with Crippen molar-refractivity contribution >= 4 is 22.2 Å². The van der Waals surface area contributed by atoms with Crippen LogP contribution in [0.5, 0.6) is 23.1 Å². The molecule has 0 amide bonds. The van der Waals surface area contributed by atoms with Gasteiger partial charge in [0.1, 0.15) is 12.1 Å². The fraction of sp³-hybridized carbons (Fsp3) is 0.429. The molecule has 0 saturated carbocycles. The molecule has 1 N–H and O–H groups in total. The Morgan fingerprint density at radius 1 is 1.09 bits per heavy atom. The normalized spacial score (nSPS) is 17.9. The van der Waals surface area contributed by atoms with Crippen molar-refractivity contribution in [2.75, 3.05) is 39.2 Å². The fourth-order valence-corrected chi connectivity index (χ4v) is 4.97. The first-order chi connectivity index (χ1) is 16.8. The number of ether oxygens (including phenoxy) is 3. The highest BCUT2D eigenvalue weighted by molar-refractivity contribution is 5.87. The molecule has 2 aliphatic rings. The van der Waals surface area contributed by atoms with Gasteiger partial charge in [-0.3, -0.25) is 0 Å². The standard InChI is InChI=1S/C28H34N4O3/c1-18-15-28(2,3)31-23-7-6-20(12-21(18)23)35-27-22-13-25(33-5)26(14-24(22)29-17-30-27)34-16-19-8-10-32(4)11-9-19/h6-7,12-15,17,19,31H,8-11,16H2,1-5H3. The van der Waals surface area contributed by atoms with Crippen molar-refractivity contribution in [1.29, 1.82) is 0 Å². The number of piperidine rings is 1. The van der Waals surface area contributed by atoms with Gasteiger partial charge in [-0.25, -0.2) is 9.97 Å². The zero-order valence-electron chi connectivity index (χ0n) is 21.2. The predicted molar refractivity (Wildman–Crippen MR) is 140 cm³/mol. The number of benzene rings is 2. The molecule has 3 aromatic rings. The molecule has 0 atom stereocenters. The van der Waals surface area contributed by atoms with E-state index >= 15 is 0 Å². The van der Waals surface area contributed by atoms with Gasteiger partial charge in [0.15, 0.2) is 11.5 Å². The fourth-order valence-electron chi connectivity index (χ4n) is 4.97. The molecule has 0 unspecified atom stereocenters. The second-order valence-corrected chi connectivity index (χ2v) is 10.2. The molecule has 0 spiro atoms. The number of anilines is 1. The Hall–Kier alpha value is -3.32. The van der Waals surface area contributed by atoms with Crippen molar-refractivity contribution in [3.8, 4) is 23.1 Å². The molecular formula is C28H34N4O3. The summed E-state index contributed by atoms with van der Waals surface area (Å²) in [7, 11) is 3.82. The maximum Gasteiger partial charge on any atom is 0.230 e. The maximum atomic E-state index is 6.26. The van der Waals surface area contributed by atoms with Crippen LogP contribution in [0.25, 0.3) is 16.5 Å². The highest BCUT2D eigenvalue weighted by Gasteiger charge is 2.23. The average molecular weight is 475 g/mol. The van der Waals surface area contributed by atoms with E-state index in [0.717, 1.165) is 53.8 Å². The van der Waals surface area contributed by atoms with Crippen LogP contribution in [0, 0.1) is 5.92 Å². The summed E-state index contributed by atoms with van der Waals surface area (Å²) in [5.41, 5.74) is 4.12. The third-order valence-corrected chi connectivity index (χ3v) is 6.86. The Kier molecular flexibility index (Phi) is 6.28. The molecule has 2 aromatic carbocycles. The van der Waals surface area contributed by atoms with E-state index in [1.165, 1.54) is 11.9 Å². The third kappa shape index (κ3) is 5.05. The number of hydrogen-bond donors (Lipinski definition) is 1. The van der Waals surface area contributed by atoms with Crippen LogP contribution in [0.3, 0.4) is 0 Å². The van der Waals surface area contributed by atoms with Gasteiger partial charge < -0.3 is 24.4 Å². The van der Waals surface area contributed by atoms with E-state index in [9.17, 15) is 0 Å². The molecule has 0 bridgehead atoms. The van der Waals surface area contributed by atoms with Gasteiger partial charge in [-0.2, -0.15) is 0 Å². The molecule has 184 valence electrons. The minimum absolute atomic E-state index is 0.0774. The molecule has 3 heterocycles. The third-order valence-electron chi connectivity index (χ3n) is 6.86. The van der Waals surface area contributed by atoms with E-state index < -0.39 is 0 Å². The Morgan fingerprint density at radius 2 is 1.89 bits per heavy atom. The molecule has 7 heteroatoms. The Bertz CT molecular complexity index is 1260. The first-order valence-corrected chi connectivity index (χ1v) is 12.3. The molecule has 5 rings (SSSR count). The summed E-state index contributed by atoms with van der Waals surface area (Å²) in [6.45, 7) is 9.36. The number of allylic oxidation sites excluding steroid dienone is 1. The second-order valence-electron chi connectivity index (χ2n) is 10.2. The van der Waals surface area contributed by atoms with Gasteiger partial charge in [0.25, 0.3) is 0 Å².